The van der Waals surface area contributed by atoms with Crippen molar-refractivity contribution in [3.8, 4) is 0 Å². The topological polar surface area (TPSA) is 165 Å². The van der Waals surface area contributed by atoms with Crippen molar-refractivity contribution in [3.63, 3.8) is 0 Å². The molecular formula is C24H10F6N2O10S2. The molecular weight excluding hydrogens is 654 g/mol. The van der Waals surface area contributed by atoms with Gasteiger partial charge in [0, 0.05) is 0 Å². The molecule has 0 spiro atoms. The van der Waals surface area contributed by atoms with E-state index in [-0.39, 0.29) is 0 Å². The normalized spacial score (nSPS) is 13.0. The lowest BCUT2D eigenvalue weighted by atomic mass is 10.1. The Hall–Kier alpha value is -4.98. The van der Waals surface area contributed by atoms with Gasteiger partial charge in [0.1, 0.15) is 9.79 Å². The average Bonchev–Trinajstić information content (AvgIpc) is 3.30. The fraction of sp³-hybridized carbons (Fsp3) is 0.0833. The van der Waals surface area contributed by atoms with Gasteiger partial charge in [-0.05, 0) is 36.4 Å². The van der Waals surface area contributed by atoms with Crippen LogP contribution in [0.15, 0.2) is 89.6 Å². The molecule has 12 nitrogen and oxygen atoms in total. The molecule has 20 heteroatoms. The molecule has 230 valence electrons. The summed E-state index contributed by atoms with van der Waals surface area (Å²) >= 11 is 0. The van der Waals surface area contributed by atoms with Gasteiger partial charge in [-0.3, -0.25) is 27.7 Å². The predicted molar refractivity (Wildman–Crippen MR) is 135 cm³/mol. The maximum atomic E-state index is 13.3. The second-order valence-electron chi connectivity index (χ2n) is 8.80. The third-order valence-corrected chi connectivity index (χ3v) is 8.57. The van der Waals surface area contributed by atoms with E-state index < -0.39 is 107 Å². The first kappa shape index (κ1) is 30.5. The molecule has 0 aliphatic rings. The molecule has 0 bridgehead atoms. The van der Waals surface area contributed by atoms with Crippen molar-refractivity contribution in [1.29, 1.82) is 0 Å². The van der Waals surface area contributed by atoms with Crippen molar-refractivity contribution < 1.29 is 51.7 Å². The molecule has 0 unspecified atom stereocenters. The lowest BCUT2D eigenvalue weighted by Crippen LogP contribution is -2.36. The molecule has 0 fully saturated rings. The Morgan fingerprint density at radius 3 is 1.05 bits per heavy atom. The fourth-order valence-electron chi connectivity index (χ4n) is 4.18. The van der Waals surface area contributed by atoms with Crippen LogP contribution in [-0.4, -0.2) is 26.3 Å². The number of fused-ring (bicyclic) bond motifs is 2. The summed E-state index contributed by atoms with van der Waals surface area (Å²) in [5.74, 6) is 0. The summed E-state index contributed by atoms with van der Waals surface area (Å²) in [5.41, 5.74) is -9.78. The lowest BCUT2D eigenvalue weighted by molar-refractivity contribution is -0.140. The molecule has 0 saturated carbocycles. The molecule has 0 amide bonds. The highest BCUT2D eigenvalue weighted by molar-refractivity contribution is 7.87. The summed E-state index contributed by atoms with van der Waals surface area (Å²) in [4.78, 5) is 48.6. The highest BCUT2D eigenvalue weighted by atomic mass is 32.2. The molecule has 0 saturated heterocycles. The number of alkyl halides is 6. The Morgan fingerprint density at radius 1 is 0.500 bits per heavy atom. The van der Waals surface area contributed by atoms with Crippen LogP contribution in [0.2, 0.25) is 0 Å². The van der Waals surface area contributed by atoms with Gasteiger partial charge >= 0.3 is 32.6 Å². The number of aromatic nitrogens is 2. The lowest BCUT2D eigenvalue weighted by Gasteiger charge is -2.12. The Balaban J connectivity index is 1.62. The zero-order valence-electron chi connectivity index (χ0n) is 20.8. The Labute approximate surface area is 238 Å². The molecule has 5 rings (SSSR count). The van der Waals surface area contributed by atoms with Gasteiger partial charge in [0.2, 0.25) is 0 Å². The summed E-state index contributed by atoms with van der Waals surface area (Å²) in [6.07, 6.45) is -10.4. The Bertz CT molecular complexity index is 2190. The molecule has 5 aromatic rings. The molecule has 0 radical (unpaired) electrons. The van der Waals surface area contributed by atoms with Gasteiger partial charge in [-0.2, -0.15) is 43.2 Å². The highest BCUT2D eigenvalue weighted by Crippen LogP contribution is 2.35. The van der Waals surface area contributed by atoms with E-state index in [2.05, 4.69) is 8.57 Å². The van der Waals surface area contributed by atoms with E-state index in [4.69, 9.17) is 0 Å². The van der Waals surface area contributed by atoms with E-state index in [9.17, 15) is 62.4 Å². The number of hydrogen-bond acceptors (Lipinski definition) is 10. The van der Waals surface area contributed by atoms with Gasteiger partial charge in [0.25, 0.3) is 22.2 Å². The van der Waals surface area contributed by atoms with E-state index >= 15 is 0 Å². The van der Waals surface area contributed by atoms with Crippen molar-refractivity contribution in [2.24, 2.45) is 0 Å². The molecule has 2 aromatic heterocycles. The van der Waals surface area contributed by atoms with Crippen LogP contribution in [0.1, 0.15) is 11.1 Å². The van der Waals surface area contributed by atoms with E-state index in [1.54, 1.807) is 0 Å². The quantitative estimate of drug-likeness (QED) is 0.244. The zero-order valence-corrected chi connectivity index (χ0v) is 22.5. The number of nitrogens with zero attached hydrogens (tertiary/aromatic N) is 2. The third-order valence-electron chi connectivity index (χ3n) is 6.09. The van der Waals surface area contributed by atoms with Crippen LogP contribution >= 0.6 is 0 Å². The van der Waals surface area contributed by atoms with Crippen LogP contribution in [0.4, 0.5) is 26.3 Å². The Kier molecular flexibility index (Phi) is 6.77. The first-order valence-electron chi connectivity index (χ1n) is 11.4. The smallest absolute Gasteiger partial charge is 0.277 e. The van der Waals surface area contributed by atoms with Crippen molar-refractivity contribution in [3.05, 3.63) is 113 Å². The largest absolute Gasteiger partial charge is 0.417 e. The summed E-state index contributed by atoms with van der Waals surface area (Å²) in [7, 11) is -11.0. The second kappa shape index (κ2) is 9.77. The van der Waals surface area contributed by atoms with Gasteiger partial charge in [-0.15, -0.1) is 0 Å². The molecule has 0 aliphatic heterocycles. The number of benzene rings is 3. The fourth-order valence-corrected chi connectivity index (χ4v) is 6.40. The third kappa shape index (κ3) is 4.90. The van der Waals surface area contributed by atoms with E-state index in [0.29, 0.717) is 36.4 Å². The van der Waals surface area contributed by atoms with Gasteiger partial charge in [-0.25, -0.2) is 0 Å². The van der Waals surface area contributed by atoms with Gasteiger partial charge < -0.3 is 0 Å². The highest BCUT2D eigenvalue weighted by Gasteiger charge is 2.40. The number of halogens is 6. The molecule has 2 heterocycles. The SMILES string of the molecule is O=c1c2cc3c(=O)n(OS(=O)(=O)c4ccccc4C(F)(F)F)c(=O)c3cc2c(=O)n1OS(=O)(=O)c1ccccc1C(F)(F)F. The second-order valence-corrected chi connectivity index (χ2v) is 11.8. The summed E-state index contributed by atoms with van der Waals surface area (Å²) in [6.45, 7) is 0. The molecule has 0 N–H and O–H groups in total. The van der Waals surface area contributed by atoms with E-state index in [1.165, 1.54) is 0 Å². The van der Waals surface area contributed by atoms with Crippen LogP contribution in [-0.2, 0) is 32.6 Å². The monoisotopic (exact) mass is 664 g/mol. The van der Waals surface area contributed by atoms with Crippen LogP contribution in [0.25, 0.3) is 21.5 Å². The van der Waals surface area contributed by atoms with Gasteiger partial charge in [-0.1, -0.05) is 33.7 Å². The van der Waals surface area contributed by atoms with Crippen LogP contribution in [0.3, 0.4) is 0 Å². The zero-order chi connectivity index (χ0) is 32.6. The standard InChI is InChI=1S/C24H10F6N2O10S2/c25-23(26,27)15-5-1-3-7-17(15)43(37,38)41-31-19(33)11-9-13-14(10-12(11)20(31)34)22(36)32(21(13)35)42-44(39,40)18-8-4-2-6-16(18)24(28,29)30/h1-10H. The maximum Gasteiger partial charge on any atom is 0.417 e. The molecule has 0 atom stereocenters. The average molecular weight is 664 g/mol. The summed E-state index contributed by atoms with van der Waals surface area (Å²) in [5, 5.41) is -3.16. The van der Waals surface area contributed by atoms with E-state index in [0.717, 1.165) is 24.3 Å². The van der Waals surface area contributed by atoms with Crippen molar-refractivity contribution in [2.45, 2.75) is 22.1 Å². The van der Waals surface area contributed by atoms with Gasteiger partial charge in [0.05, 0.1) is 32.7 Å². The van der Waals surface area contributed by atoms with Crippen molar-refractivity contribution in [2.75, 3.05) is 0 Å². The van der Waals surface area contributed by atoms with Crippen molar-refractivity contribution in [1.82, 2.24) is 9.46 Å². The minimum atomic E-state index is -5.49. The molecule has 3 aromatic carbocycles. The van der Waals surface area contributed by atoms with Crippen LogP contribution < -0.4 is 30.8 Å². The number of rotatable bonds is 6. The van der Waals surface area contributed by atoms with Gasteiger partial charge in [0.15, 0.2) is 0 Å². The first-order valence-corrected chi connectivity index (χ1v) is 14.2. The van der Waals surface area contributed by atoms with E-state index in [1.807, 2.05) is 0 Å². The predicted octanol–water partition coefficient (Wildman–Crippen LogP) is 1.58. The van der Waals surface area contributed by atoms with Crippen molar-refractivity contribution >= 4 is 41.8 Å². The first-order chi connectivity index (χ1) is 20.3. The maximum absolute atomic E-state index is 13.3. The number of hydrogen-bond donors (Lipinski definition) is 0. The molecule has 44 heavy (non-hydrogen) atoms. The Morgan fingerprint density at radius 2 is 0.773 bits per heavy atom. The van der Waals surface area contributed by atoms with Crippen LogP contribution in [0.5, 0.6) is 0 Å². The van der Waals surface area contributed by atoms with Crippen LogP contribution in [0, 0.1) is 0 Å². The minimum Gasteiger partial charge on any atom is -0.277 e. The summed E-state index contributed by atoms with van der Waals surface area (Å²) in [6, 6.07) is 6.44. The minimum absolute atomic E-state index is 0.399. The molecule has 0 aliphatic carbocycles. The summed E-state index contributed by atoms with van der Waals surface area (Å²) < 4.78 is 139.